The fourth-order valence-electron chi connectivity index (χ4n) is 3.64. The maximum Gasteiger partial charge on any atom is 0.0164 e. The van der Waals surface area contributed by atoms with E-state index >= 15 is 0 Å². The van der Waals surface area contributed by atoms with Crippen molar-refractivity contribution in [3.05, 3.63) is 50.6 Å². The molecule has 0 aromatic carbocycles. The highest BCUT2D eigenvalue weighted by molar-refractivity contribution is 4.86. The van der Waals surface area contributed by atoms with Crippen molar-refractivity contribution >= 4 is 0 Å². The molecule has 2 atom stereocenters. The van der Waals surface area contributed by atoms with Crippen LogP contribution in [0.5, 0.6) is 0 Å². The van der Waals surface area contributed by atoms with E-state index in [-0.39, 0.29) is 0 Å². The third kappa shape index (κ3) is 7.24. The van der Waals surface area contributed by atoms with Crippen LogP contribution in [0.3, 0.4) is 0 Å². The van der Waals surface area contributed by atoms with Crippen molar-refractivity contribution in [2.75, 3.05) is 39.3 Å². The average molecular weight is 303 g/mol. The Labute approximate surface area is 137 Å². The van der Waals surface area contributed by atoms with Gasteiger partial charge in [-0.1, -0.05) is 30.7 Å². The molecule has 0 radical (unpaired) electrons. The quantitative estimate of drug-likeness (QED) is 0.500. The highest BCUT2D eigenvalue weighted by Gasteiger charge is 2.24. The van der Waals surface area contributed by atoms with Crippen LogP contribution in [0.15, 0.2) is 50.6 Å². The van der Waals surface area contributed by atoms with E-state index in [1.165, 1.54) is 38.8 Å². The Morgan fingerprint density at radius 2 is 1.05 bits per heavy atom. The van der Waals surface area contributed by atoms with Gasteiger partial charge >= 0.3 is 0 Å². The van der Waals surface area contributed by atoms with Crippen molar-refractivity contribution in [3.63, 3.8) is 0 Å². The van der Waals surface area contributed by atoms with Gasteiger partial charge in [-0.3, -0.25) is 9.80 Å². The van der Waals surface area contributed by atoms with E-state index in [4.69, 9.17) is 0 Å². The maximum absolute atomic E-state index is 3.87. The van der Waals surface area contributed by atoms with Gasteiger partial charge in [0.1, 0.15) is 0 Å². The Bertz CT molecular complexity index is 296. The fraction of sp³-hybridized carbons (Fsp3) is 0.600. The van der Waals surface area contributed by atoms with Crippen LogP contribution in [0.1, 0.15) is 25.7 Å². The van der Waals surface area contributed by atoms with Crippen molar-refractivity contribution < 1.29 is 0 Å². The van der Waals surface area contributed by atoms with Crippen LogP contribution < -0.4 is 0 Å². The fourth-order valence-corrected chi connectivity index (χ4v) is 3.64. The molecule has 0 heterocycles. The molecule has 22 heavy (non-hydrogen) atoms. The Balaban J connectivity index is 2.48. The van der Waals surface area contributed by atoms with Crippen LogP contribution >= 0.6 is 0 Å². The lowest BCUT2D eigenvalue weighted by Crippen LogP contribution is -2.36. The molecular weight excluding hydrogens is 268 g/mol. The smallest absolute Gasteiger partial charge is 0.0164 e. The van der Waals surface area contributed by atoms with E-state index in [2.05, 4.69) is 36.1 Å². The largest absolute Gasteiger partial charge is 0.296 e. The zero-order valence-corrected chi connectivity index (χ0v) is 14.3. The first-order valence-electron chi connectivity index (χ1n) is 8.61. The first-order chi connectivity index (χ1) is 10.7. The lowest BCUT2D eigenvalue weighted by molar-refractivity contribution is 0.163. The summed E-state index contributed by atoms with van der Waals surface area (Å²) in [5.74, 6) is 1.63. The first kappa shape index (κ1) is 18.9. The molecule has 0 amide bonds. The van der Waals surface area contributed by atoms with Crippen molar-refractivity contribution in [2.45, 2.75) is 25.7 Å². The van der Waals surface area contributed by atoms with Crippen LogP contribution in [-0.2, 0) is 0 Å². The number of hydrogen-bond donors (Lipinski definition) is 0. The SMILES string of the molecule is C=CCN(CC=C)CC1CCCC(CN(CC=C)CC=C)C1. The average Bonchev–Trinajstić information content (AvgIpc) is 2.49. The lowest BCUT2D eigenvalue weighted by atomic mass is 9.81. The molecule has 0 aromatic heterocycles. The number of nitrogens with zero attached hydrogens (tertiary/aromatic N) is 2. The van der Waals surface area contributed by atoms with E-state index in [1.54, 1.807) is 0 Å². The Morgan fingerprint density at radius 3 is 1.36 bits per heavy atom. The second kappa shape index (κ2) is 11.4. The molecule has 0 aliphatic heterocycles. The molecule has 0 saturated heterocycles. The molecule has 124 valence electrons. The second-order valence-electron chi connectivity index (χ2n) is 6.49. The van der Waals surface area contributed by atoms with E-state index in [1.807, 2.05) is 24.3 Å². The summed E-state index contributed by atoms with van der Waals surface area (Å²) in [7, 11) is 0. The van der Waals surface area contributed by atoms with Gasteiger partial charge < -0.3 is 0 Å². The van der Waals surface area contributed by atoms with Gasteiger partial charge in [0.25, 0.3) is 0 Å². The molecule has 1 aliphatic carbocycles. The third-order valence-corrected chi connectivity index (χ3v) is 4.47. The summed E-state index contributed by atoms with van der Waals surface area (Å²) < 4.78 is 0. The van der Waals surface area contributed by atoms with E-state index in [0.29, 0.717) is 0 Å². The van der Waals surface area contributed by atoms with Gasteiger partial charge in [-0.05, 0) is 31.1 Å². The van der Waals surface area contributed by atoms with E-state index < -0.39 is 0 Å². The number of hydrogen-bond acceptors (Lipinski definition) is 2. The molecule has 0 aromatic rings. The van der Waals surface area contributed by atoms with Crippen LogP contribution in [0.2, 0.25) is 0 Å². The minimum atomic E-state index is 0.813. The van der Waals surface area contributed by atoms with Gasteiger partial charge in [0.2, 0.25) is 0 Å². The Hall–Kier alpha value is -1.12. The zero-order chi connectivity index (χ0) is 16.2. The number of rotatable bonds is 12. The summed E-state index contributed by atoms with van der Waals surface area (Å²) in [5, 5.41) is 0. The molecule has 2 heteroatoms. The predicted molar refractivity (Wildman–Crippen MR) is 99.1 cm³/mol. The summed E-state index contributed by atoms with van der Waals surface area (Å²) in [6, 6.07) is 0. The summed E-state index contributed by atoms with van der Waals surface area (Å²) in [5.41, 5.74) is 0. The molecule has 2 unspecified atom stereocenters. The maximum atomic E-state index is 3.87. The first-order valence-corrected chi connectivity index (χ1v) is 8.61. The molecular formula is C20H34N2. The van der Waals surface area contributed by atoms with Crippen LogP contribution in [0.25, 0.3) is 0 Å². The van der Waals surface area contributed by atoms with Crippen molar-refractivity contribution in [1.29, 1.82) is 0 Å². The molecule has 1 rings (SSSR count). The summed E-state index contributed by atoms with van der Waals surface area (Å²) in [6.45, 7) is 21.7. The molecule has 1 fully saturated rings. The van der Waals surface area contributed by atoms with Crippen LogP contribution in [0.4, 0.5) is 0 Å². The second-order valence-corrected chi connectivity index (χ2v) is 6.49. The van der Waals surface area contributed by atoms with Crippen molar-refractivity contribution in [1.82, 2.24) is 9.80 Å². The normalized spacial score (nSPS) is 21.7. The van der Waals surface area contributed by atoms with Crippen LogP contribution in [0, 0.1) is 11.8 Å². The molecule has 0 N–H and O–H groups in total. The topological polar surface area (TPSA) is 6.48 Å². The molecule has 2 nitrogen and oxygen atoms in total. The Kier molecular flexibility index (Phi) is 9.85. The molecule has 0 spiro atoms. The van der Waals surface area contributed by atoms with Crippen molar-refractivity contribution in [2.24, 2.45) is 11.8 Å². The van der Waals surface area contributed by atoms with Gasteiger partial charge in [-0.25, -0.2) is 0 Å². The molecule has 1 saturated carbocycles. The van der Waals surface area contributed by atoms with Crippen LogP contribution in [-0.4, -0.2) is 49.1 Å². The van der Waals surface area contributed by atoms with E-state index in [9.17, 15) is 0 Å². The van der Waals surface area contributed by atoms with Gasteiger partial charge in [0.15, 0.2) is 0 Å². The summed E-state index contributed by atoms with van der Waals surface area (Å²) in [6.07, 6.45) is 13.4. The Morgan fingerprint density at radius 1 is 0.682 bits per heavy atom. The third-order valence-electron chi connectivity index (χ3n) is 4.47. The molecule has 1 aliphatic rings. The predicted octanol–water partition coefficient (Wildman–Crippen LogP) is 4.14. The monoisotopic (exact) mass is 302 g/mol. The minimum Gasteiger partial charge on any atom is -0.296 e. The highest BCUT2D eigenvalue weighted by Crippen LogP contribution is 2.30. The highest BCUT2D eigenvalue weighted by atomic mass is 15.1. The summed E-state index contributed by atoms with van der Waals surface area (Å²) >= 11 is 0. The van der Waals surface area contributed by atoms with Gasteiger partial charge in [-0.2, -0.15) is 0 Å². The van der Waals surface area contributed by atoms with Gasteiger partial charge in [0.05, 0.1) is 0 Å². The minimum absolute atomic E-state index is 0.813. The van der Waals surface area contributed by atoms with E-state index in [0.717, 1.165) is 38.0 Å². The van der Waals surface area contributed by atoms with Gasteiger partial charge in [-0.15, -0.1) is 26.3 Å². The summed E-state index contributed by atoms with van der Waals surface area (Å²) in [4.78, 5) is 4.91. The standard InChI is InChI=1S/C20H34N2/c1-5-12-21(13-6-2)17-19-10-9-11-20(16-19)18-22(14-7-3)15-8-4/h5-8,19-20H,1-4,9-18H2. The van der Waals surface area contributed by atoms with Crippen molar-refractivity contribution in [3.8, 4) is 0 Å². The lowest BCUT2D eigenvalue weighted by Gasteiger charge is -2.35. The molecule has 0 bridgehead atoms. The zero-order valence-electron chi connectivity index (χ0n) is 14.3. The van der Waals surface area contributed by atoms with Gasteiger partial charge in [0, 0.05) is 39.3 Å².